The Morgan fingerprint density at radius 1 is 1.14 bits per heavy atom. The highest BCUT2D eigenvalue weighted by atomic mass is 16.5. The number of nitrogens with two attached hydrogens (primary N) is 1. The molecule has 1 aromatic heterocycles. The van der Waals surface area contributed by atoms with Gasteiger partial charge in [0.25, 0.3) is 0 Å². The molecule has 0 spiro atoms. The van der Waals surface area contributed by atoms with Crippen LogP contribution in [0.3, 0.4) is 0 Å². The van der Waals surface area contributed by atoms with Crippen LogP contribution in [-0.2, 0) is 20.7 Å². The first-order valence-electron chi connectivity index (χ1n) is 15.1. The Morgan fingerprint density at radius 2 is 1.95 bits per heavy atom. The number of aryl methyl sites for hydroxylation is 1. The second-order valence-corrected chi connectivity index (χ2v) is 11.2. The average molecular weight is 589 g/mol. The lowest BCUT2D eigenvalue weighted by Gasteiger charge is -2.27. The lowest BCUT2D eigenvalue weighted by Crippen LogP contribution is -2.53. The van der Waals surface area contributed by atoms with Gasteiger partial charge in [-0.1, -0.05) is 50.1 Å². The van der Waals surface area contributed by atoms with Gasteiger partial charge < -0.3 is 30.2 Å². The van der Waals surface area contributed by atoms with Crippen molar-refractivity contribution < 1.29 is 28.6 Å². The lowest BCUT2D eigenvalue weighted by atomic mass is 10.0. The van der Waals surface area contributed by atoms with Gasteiger partial charge in [-0.3, -0.25) is 9.59 Å². The van der Waals surface area contributed by atoms with E-state index < -0.39 is 30.2 Å². The number of hydrogen-bond acceptors (Lipinski definition) is 7. The SMILES string of the molecule is CCCC[C@@H]1NC(=O)OCCCCCc2cc3c(cc(-c4ccccc4)nc3cc2OC)O[C@@H]2C[C@@H](C(N)=O)N(C2)C1=O. The number of ether oxygens (including phenoxy) is 3. The highest BCUT2D eigenvalue weighted by Gasteiger charge is 2.42. The summed E-state index contributed by atoms with van der Waals surface area (Å²) in [6.45, 7) is 2.41. The third kappa shape index (κ3) is 7.01. The summed E-state index contributed by atoms with van der Waals surface area (Å²) in [5.74, 6) is 0.378. The molecule has 2 aliphatic rings. The molecule has 3 aromatic rings. The number of fused-ring (bicyclic) bond motifs is 3. The minimum Gasteiger partial charge on any atom is -0.496 e. The molecule has 3 amide bonds. The van der Waals surface area contributed by atoms with Crippen molar-refractivity contribution in [3.05, 3.63) is 54.1 Å². The predicted molar refractivity (Wildman–Crippen MR) is 163 cm³/mol. The summed E-state index contributed by atoms with van der Waals surface area (Å²) in [6, 6.07) is 14.1. The Bertz CT molecular complexity index is 1460. The first-order chi connectivity index (χ1) is 20.9. The zero-order valence-electron chi connectivity index (χ0n) is 24.8. The second-order valence-electron chi connectivity index (χ2n) is 11.2. The number of methoxy groups -OCH3 is 1. The molecule has 0 saturated carbocycles. The van der Waals surface area contributed by atoms with Crippen LogP contribution in [0.2, 0.25) is 0 Å². The first kappa shape index (κ1) is 30.1. The van der Waals surface area contributed by atoms with E-state index in [1.54, 1.807) is 7.11 Å². The number of aromatic nitrogens is 1. The summed E-state index contributed by atoms with van der Waals surface area (Å²) in [5.41, 5.74) is 9.20. The Kier molecular flexibility index (Phi) is 9.64. The zero-order chi connectivity index (χ0) is 30.3. The van der Waals surface area contributed by atoms with Gasteiger partial charge in [-0.25, -0.2) is 9.78 Å². The van der Waals surface area contributed by atoms with Gasteiger partial charge in [0.05, 0.1) is 31.5 Å². The topological polar surface area (TPSA) is 133 Å². The number of alkyl carbamates (subject to hydrolysis) is 1. The fraction of sp³-hybridized carbons (Fsp3) is 0.455. The zero-order valence-corrected chi connectivity index (χ0v) is 24.8. The number of pyridine rings is 1. The minimum absolute atomic E-state index is 0.152. The molecule has 2 aromatic carbocycles. The summed E-state index contributed by atoms with van der Waals surface area (Å²) in [5, 5.41) is 3.57. The van der Waals surface area contributed by atoms with Gasteiger partial charge in [-0.05, 0) is 43.7 Å². The molecular formula is C33H40N4O6. The molecule has 228 valence electrons. The fourth-order valence-electron chi connectivity index (χ4n) is 5.89. The van der Waals surface area contributed by atoms with E-state index in [1.807, 2.05) is 49.4 Å². The number of amides is 3. The van der Waals surface area contributed by atoms with Crippen LogP contribution < -0.4 is 20.5 Å². The molecule has 3 heterocycles. The van der Waals surface area contributed by atoms with Gasteiger partial charge in [-0.15, -0.1) is 0 Å². The summed E-state index contributed by atoms with van der Waals surface area (Å²) >= 11 is 0. The highest BCUT2D eigenvalue weighted by molar-refractivity contribution is 5.92. The number of hydrogen-bond donors (Lipinski definition) is 2. The molecule has 43 heavy (non-hydrogen) atoms. The van der Waals surface area contributed by atoms with E-state index in [-0.39, 0.29) is 25.5 Å². The van der Waals surface area contributed by atoms with Crippen LogP contribution in [0.1, 0.15) is 57.4 Å². The molecular weight excluding hydrogens is 548 g/mol. The maximum atomic E-state index is 13.8. The molecule has 0 radical (unpaired) electrons. The van der Waals surface area contributed by atoms with Gasteiger partial charge in [-0.2, -0.15) is 0 Å². The monoisotopic (exact) mass is 588 g/mol. The van der Waals surface area contributed by atoms with Crippen LogP contribution in [0.15, 0.2) is 48.5 Å². The first-order valence-corrected chi connectivity index (χ1v) is 15.1. The molecule has 4 bridgehead atoms. The molecule has 10 nitrogen and oxygen atoms in total. The Labute approximate surface area is 251 Å². The Balaban J connectivity index is 1.57. The smallest absolute Gasteiger partial charge is 0.407 e. The minimum atomic E-state index is -0.862. The Morgan fingerprint density at radius 3 is 2.70 bits per heavy atom. The van der Waals surface area contributed by atoms with Gasteiger partial charge in [0, 0.05) is 29.5 Å². The number of primary amides is 1. The van der Waals surface area contributed by atoms with E-state index >= 15 is 0 Å². The van der Waals surface area contributed by atoms with Crippen LogP contribution >= 0.6 is 0 Å². The summed E-state index contributed by atoms with van der Waals surface area (Å²) < 4.78 is 17.8. The number of unbranched alkanes of at least 4 members (excludes halogenated alkanes) is 1. The van der Waals surface area contributed by atoms with Crippen molar-refractivity contribution >= 4 is 28.8 Å². The molecule has 2 aliphatic heterocycles. The van der Waals surface area contributed by atoms with E-state index in [9.17, 15) is 14.4 Å². The fourth-order valence-corrected chi connectivity index (χ4v) is 5.89. The van der Waals surface area contributed by atoms with Crippen LogP contribution in [0.25, 0.3) is 22.2 Å². The standard InChI is InChI=1S/C33H40N4O6/c1-3-4-14-25-32(39)37-20-23(17-28(37)31(34)38)43-30-18-26(21-11-7-5-8-12-21)35-27-19-29(41-2)22(16-24(27)30)13-9-6-10-15-42-33(40)36-25/h5,7-8,11-12,16,18-19,23,25,28H,3-4,6,9-10,13-15,17,20H2,1-2H3,(H2,34,38)(H,36,40)/t23-,25+,28+/m1/s1. The van der Waals surface area contributed by atoms with Crippen LogP contribution in [-0.4, -0.2) is 66.2 Å². The van der Waals surface area contributed by atoms with Gasteiger partial charge >= 0.3 is 6.09 Å². The van der Waals surface area contributed by atoms with Crippen LogP contribution in [0.5, 0.6) is 11.5 Å². The van der Waals surface area contributed by atoms with E-state index in [0.717, 1.165) is 65.6 Å². The van der Waals surface area contributed by atoms with Crippen molar-refractivity contribution in [2.24, 2.45) is 5.73 Å². The van der Waals surface area contributed by atoms with Gasteiger partial charge in [0.2, 0.25) is 11.8 Å². The van der Waals surface area contributed by atoms with E-state index in [2.05, 4.69) is 11.4 Å². The van der Waals surface area contributed by atoms with E-state index in [4.69, 9.17) is 24.9 Å². The summed E-state index contributed by atoms with van der Waals surface area (Å²) in [6.07, 6.45) is 4.26. The molecule has 3 atom stereocenters. The summed E-state index contributed by atoms with van der Waals surface area (Å²) in [4.78, 5) is 45.4. The number of rotatable bonds is 6. The highest BCUT2D eigenvalue weighted by Crippen LogP contribution is 2.37. The number of cyclic esters (lactones) is 1. The third-order valence-corrected chi connectivity index (χ3v) is 8.17. The van der Waals surface area contributed by atoms with Crippen molar-refractivity contribution in [1.82, 2.24) is 15.2 Å². The molecule has 1 fully saturated rings. The van der Waals surface area contributed by atoms with Crippen molar-refractivity contribution in [2.45, 2.75) is 76.5 Å². The molecule has 1 saturated heterocycles. The predicted octanol–water partition coefficient (Wildman–Crippen LogP) is 4.76. The maximum Gasteiger partial charge on any atom is 0.407 e. The molecule has 0 aliphatic carbocycles. The molecule has 3 N–H and O–H groups in total. The third-order valence-electron chi connectivity index (χ3n) is 8.17. The lowest BCUT2D eigenvalue weighted by molar-refractivity contribution is -0.139. The molecule has 10 heteroatoms. The number of nitrogens with zero attached hydrogens (tertiary/aromatic N) is 2. The van der Waals surface area contributed by atoms with E-state index in [0.29, 0.717) is 18.6 Å². The van der Waals surface area contributed by atoms with Crippen LogP contribution in [0.4, 0.5) is 4.79 Å². The van der Waals surface area contributed by atoms with Crippen molar-refractivity contribution in [3.8, 4) is 22.8 Å². The number of carbonyl (C=O) groups is 3. The van der Waals surface area contributed by atoms with Gasteiger partial charge in [0.15, 0.2) is 0 Å². The quantitative estimate of drug-likeness (QED) is 0.424. The average Bonchev–Trinajstić information content (AvgIpc) is 3.44. The van der Waals surface area contributed by atoms with Crippen molar-refractivity contribution in [3.63, 3.8) is 0 Å². The van der Waals surface area contributed by atoms with Crippen molar-refractivity contribution in [1.29, 1.82) is 0 Å². The Hall–Kier alpha value is -4.34. The number of benzene rings is 2. The van der Waals surface area contributed by atoms with Crippen molar-refractivity contribution in [2.75, 3.05) is 20.3 Å². The molecule has 5 rings (SSSR count). The summed E-state index contributed by atoms with van der Waals surface area (Å²) in [7, 11) is 1.65. The molecule has 0 unspecified atom stereocenters. The number of carbonyl (C=O) groups excluding carboxylic acids is 3. The largest absolute Gasteiger partial charge is 0.496 e. The normalized spacial score (nSPS) is 21.4. The van der Waals surface area contributed by atoms with E-state index in [1.165, 1.54) is 4.90 Å². The second kappa shape index (κ2) is 13.8. The van der Waals surface area contributed by atoms with Crippen LogP contribution in [0, 0.1) is 0 Å². The van der Waals surface area contributed by atoms with Gasteiger partial charge in [0.1, 0.15) is 29.7 Å². The number of nitrogens with one attached hydrogen (secondary N) is 1. The maximum absolute atomic E-state index is 13.8.